The van der Waals surface area contributed by atoms with E-state index in [2.05, 4.69) is 510 Å². The zero-order valence-electron chi connectivity index (χ0n) is 75.9. The van der Waals surface area contributed by atoms with Crippen LogP contribution in [0.15, 0.2) is 473 Å². The van der Waals surface area contributed by atoms with Crippen molar-refractivity contribution >= 4 is 130 Å². The maximum Gasteiger partial charge on any atom is 0.0626 e. The molecule has 0 spiro atoms. The highest BCUT2D eigenvalue weighted by atomic mass is 15.0. The second kappa shape index (κ2) is 30.8. The molecule has 0 bridgehead atoms. The molecule has 24 aromatic carbocycles. The Morgan fingerprint density at radius 3 is 0.985 bits per heavy atom. The zero-order valence-corrected chi connectivity index (χ0v) is 75.9. The van der Waals surface area contributed by atoms with Crippen molar-refractivity contribution in [1.82, 2.24) is 9.13 Å². The van der Waals surface area contributed by atoms with Crippen LogP contribution in [-0.2, 0) is 10.8 Å². The van der Waals surface area contributed by atoms with E-state index in [0.29, 0.717) is 0 Å². The fourth-order valence-corrected chi connectivity index (χ4v) is 23.9. The van der Waals surface area contributed by atoms with Gasteiger partial charge < -0.3 is 9.13 Å². The summed E-state index contributed by atoms with van der Waals surface area (Å²) >= 11 is 0. The van der Waals surface area contributed by atoms with Gasteiger partial charge in [0.1, 0.15) is 0 Å². The summed E-state index contributed by atoms with van der Waals surface area (Å²) < 4.78 is 5.23. The maximum absolute atomic E-state index is 2.62. The predicted octanol–water partition coefficient (Wildman–Crippen LogP) is 36.7. The number of rotatable bonds is 10. The summed E-state index contributed by atoms with van der Waals surface area (Å²) in [4.78, 5) is 0. The molecule has 0 unspecified atom stereocenters. The molecule has 2 nitrogen and oxygen atoms in total. The fourth-order valence-electron chi connectivity index (χ4n) is 23.9. The van der Waals surface area contributed by atoms with Gasteiger partial charge in [0.15, 0.2) is 0 Å². The van der Waals surface area contributed by atoms with Crippen LogP contribution in [0.2, 0.25) is 0 Å². The molecule has 636 valence electrons. The maximum atomic E-state index is 2.62. The van der Waals surface area contributed by atoms with Gasteiger partial charge in [0.05, 0.1) is 28.1 Å². The molecule has 28 rings (SSSR count). The molecule has 26 aromatic rings. The Kier molecular flexibility index (Phi) is 17.8. The lowest BCUT2D eigenvalue weighted by atomic mass is 9.81. The highest BCUT2D eigenvalue weighted by Crippen LogP contribution is 2.58. The molecule has 2 heterocycles. The van der Waals surface area contributed by atoms with Crippen LogP contribution in [0.3, 0.4) is 0 Å². The zero-order chi connectivity index (χ0) is 90.2. The van der Waals surface area contributed by atoms with Crippen molar-refractivity contribution in [2.24, 2.45) is 0 Å². The van der Waals surface area contributed by atoms with E-state index in [1.807, 2.05) is 0 Å². The molecule has 2 aromatic heterocycles. The molecule has 2 aliphatic carbocycles. The lowest BCUT2D eigenvalue weighted by Crippen LogP contribution is -2.15. The Hall–Kier alpha value is -17.0. The van der Waals surface area contributed by atoms with E-state index in [1.54, 1.807) is 0 Å². The third kappa shape index (κ3) is 12.1. The summed E-state index contributed by atoms with van der Waals surface area (Å²) in [6.45, 7) is 9.58. The number of benzene rings is 24. The van der Waals surface area contributed by atoms with Gasteiger partial charge >= 0.3 is 0 Å². The predicted molar refractivity (Wildman–Crippen MR) is 580 cm³/mol. The Bertz CT molecular complexity index is 9520. The summed E-state index contributed by atoms with van der Waals surface area (Å²) in [7, 11) is 0. The number of hydrogen-bond donors (Lipinski definition) is 0. The first-order chi connectivity index (χ1) is 67.0. The summed E-state index contributed by atoms with van der Waals surface area (Å²) in [5.41, 5.74) is 34.7. The number of aromatic nitrogens is 2. The lowest BCUT2D eigenvalue weighted by Gasteiger charge is -2.23. The van der Waals surface area contributed by atoms with E-state index in [9.17, 15) is 0 Å². The van der Waals surface area contributed by atoms with E-state index in [1.165, 1.54) is 263 Å². The van der Waals surface area contributed by atoms with E-state index in [-0.39, 0.29) is 10.8 Å². The second-order valence-electron chi connectivity index (χ2n) is 38.3. The van der Waals surface area contributed by atoms with Crippen molar-refractivity contribution in [2.45, 2.75) is 38.5 Å². The molecule has 2 heteroatoms. The average Bonchev–Trinajstić information content (AvgIpc) is 1.53. The molecule has 0 amide bonds. The highest BCUT2D eigenvalue weighted by Gasteiger charge is 2.39. The van der Waals surface area contributed by atoms with E-state index >= 15 is 0 Å². The smallest absolute Gasteiger partial charge is 0.0626 e. The number of fused-ring (bicyclic) bond motifs is 26. The van der Waals surface area contributed by atoms with Gasteiger partial charge in [-0.15, -0.1) is 0 Å². The lowest BCUT2D eigenvalue weighted by molar-refractivity contribution is 0.660. The van der Waals surface area contributed by atoms with Crippen molar-refractivity contribution in [3.8, 4) is 123 Å². The molecule has 0 fully saturated rings. The molecule has 0 saturated carbocycles. The first-order valence-corrected chi connectivity index (χ1v) is 47.7. The molecule has 0 aliphatic heterocycles. The topological polar surface area (TPSA) is 9.86 Å². The molecule has 0 radical (unpaired) electrons. The van der Waals surface area contributed by atoms with Crippen LogP contribution < -0.4 is 0 Å². The normalized spacial score (nSPS) is 13.0. The minimum Gasteiger partial charge on any atom is -0.308 e. The molecule has 2 aliphatic rings. The largest absolute Gasteiger partial charge is 0.308 e. The van der Waals surface area contributed by atoms with Gasteiger partial charge in [-0.2, -0.15) is 0 Å². The Morgan fingerprint density at radius 2 is 0.478 bits per heavy atom. The fraction of sp³-hybridized carbons (Fsp3) is 0.0448. The van der Waals surface area contributed by atoms with Crippen molar-refractivity contribution in [2.75, 3.05) is 0 Å². The average molecular weight is 1730 g/mol. The van der Waals surface area contributed by atoms with Gasteiger partial charge in [0.2, 0.25) is 0 Å². The minimum atomic E-state index is -0.240. The van der Waals surface area contributed by atoms with Gasteiger partial charge in [-0.05, 0) is 253 Å². The van der Waals surface area contributed by atoms with Gasteiger partial charge in [-0.25, -0.2) is 0 Å². The van der Waals surface area contributed by atoms with E-state index in [0.717, 1.165) is 11.4 Å². The van der Waals surface area contributed by atoms with Crippen LogP contribution in [0, 0.1) is 0 Å². The number of nitrogens with zero attached hydrogens (tertiary/aromatic N) is 2. The summed E-state index contributed by atoms with van der Waals surface area (Å²) in [6, 6.07) is 177. The minimum absolute atomic E-state index is 0.105. The van der Waals surface area contributed by atoms with Crippen molar-refractivity contribution < 1.29 is 0 Å². The molecule has 0 N–H and O–H groups in total. The van der Waals surface area contributed by atoms with Crippen LogP contribution in [0.25, 0.3) is 252 Å². The monoisotopic (exact) mass is 1730 g/mol. The van der Waals surface area contributed by atoms with Crippen LogP contribution in [0.1, 0.15) is 49.9 Å². The second-order valence-corrected chi connectivity index (χ2v) is 38.3. The third-order valence-corrected chi connectivity index (χ3v) is 30.3. The third-order valence-electron chi connectivity index (χ3n) is 30.3. The first-order valence-electron chi connectivity index (χ1n) is 47.7. The van der Waals surface area contributed by atoms with E-state index < -0.39 is 0 Å². The van der Waals surface area contributed by atoms with Gasteiger partial charge in [-0.1, -0.05) is 440 Å². The standard InChI is InChI=1S/2C67H45N/c1-67(2)60-39-49(48-31-29-42-17-9-11-23-46(42)37-48)33-35-54(60)55-36-34-51(40-61(55)67)68-65(45-21-7-4-8-22-45)62(44-19-5-3-6-20-44)64-63-56-27-15-13-25-52(56)58(50-32-30-43-18-10-12-24-47(43)38-50)41-59(63)53-26-14-16-28-57(53)66(64)68;1-67(2)59-32-18-17-28-52(59)53-36-35-47(40-60(53)67)57-41-58-51-27-13-16-31-56(51)66-64(63(58)55-30-15-12-26-50(55)57)62(43-20-5-3-6-21-43)65(44-22-7-4-8-23-44)68(66)61-38-37-48(49-25-11-14-29-54(49)61)46-34-33-42-19-9-10-24-45(42)39-46/h2*3-41H,1-2H3. The Labute approximate surface area is 789 Å². The number of hydrogen-bond acceptors (Lipinski definition) is 0. The Balaban J connectivity index is 0.000000138. The SMILES string of the molecule is CC1(C)c2cc(-c3ccc4ccccc4c3)ccc2-c2ccc(-n3c(-c4ccccc4)c(-c4ccccc4)c4c5c6ccccc6c(-c6ccc7ccccc7c6)cc5c5ccccc5c43)cc21.CC1(C)c2ccccc2-c2ccc(-c3cc4c5ccccc5c5c(c(-c6ccccc6)c(-c6ccccc6)n5-c5ccc(-c6ccc7ccccc7c6)c6ccccc56)c4c4ccccc34)cc21. The summed E-state index contributed by atoms with van der Waals surface area (Å²) in [6.07, 6.45) is 0. The van der Waals surface area contributed by atoms with Crippen LogP contribution in [0.5, 0.6) is 0 Å². The van der Waals surface area contributed by atoms with Gasteiger partial charge in [0, 0.05) is 65.3 Å². The Morgan fingerprint density at radius 1 is 0.162 bits per heavy atom. The highest BCUT2D eigenvalue weighted by molar-refractivity contribution is 6.39. The van der Waals surface area contributed by atoms with Crippen LogP contribution >= 0.6 is 0 Å². The van der Waals surface area contributed by atoms with E-state index in [4.69, 9.17) is 0 Å². The molecule has 136 heavy (non-hydrogen) atoms. The van der Waals surface area contributed by atoms with Crippen molar-refractivity contribution in [3.63, 3.8) is 0 Å². The quantitative estimate of drug-likeness (QED) is 0.121. The van der Waals surface area contributed by atoms with Crippen molar-refractivity contribution in [1.29, 1.82) is 0 Å². The van der Waals surface area contributed by atoms with Gasteiger partial charge in [-0.3, -0.25) is 0 Å². The molecule has 0 saturated heterocycles. The molecular weight excluding hydrogens is 1640 g/mol. The molecular formula is C134H90N2. The van der Waals surface area contributed by atoms with Gasteiger partial charge in [0.25, 0.3) is 0 Å². The van der Waals surface area contributed by atoms with Crippen molar-refractivity contribution in [3.05, 3.63) is 495 Å². The van der Waals surface area contributed by atoms with Crippen LogP contribution in [0.4, 0.5) is 0 Å². The molecule has 0 atom stereocenters. The van der Waals surface area contributed by atoms with Crippen LogP contribution in [-0.4, -0.2) is 9.13 Å². The summed E-state index contributed by atoms with van der Waals surface area (Å²) in [5.74, 6) is 0. The summed E-state index contributed by atoms with van der Waals surface area (Å²) in [5, 5.41) is 27.5. The first kappa shape index (κ1) is 78.8.